The molecule has 1 aromatic rings. The van der Waals surface area contributed by atoms with Crippen molar-refractivity contribution in [3.8, 4) is 0 Å². The molecule has 1 heterocycles. The van der Waals surface area contributed by atoms with Crippen LogP contribution >= 0.6 is 0 Å². The van der Waals surface area contributed by atoms with Crippen LogP contribution in [0.1, 0.15) is 25.7 Å². The number of hydrogen-bond acceptors (Lipinski definition) is 4. The second-order valence-corrected chi connectivity index (χ2v) is 5.07. The van der Waals surface area contributed by atoms with E-state index in [1.165, 1.54) is 25.5 Å². The highest BCUT2D eigenvalue weighted by atomic mass is 19.1. The Bertz CT molecular complexity index is 423. The fourth-order valence-corrected chi connectivity index (χ4v) is 3.19. The highest BCUT2D eigenvalue weighted by Crippen LogP contribution is 2.45. The summed E-state index contributed by atoms with van der Waals surface area (Å²) in [5, 5.41) is 6.07. The van der Waals surface area contributed by atoms with Crippen molar-refractivity contribution in [3.05, 3.63) is 12.0 Å². The van der Waals surface area contributed by atoms with Crippen LogP contribution in [0, 0.1) is 17.7 Å². The summed E-state index contributed by atoms with van der Waals surface area (Å²) in [6, 6.07) is 0.392. The SMILES string of the molecule is CNc1ncc(F)c(NC2CC3CCC2C3)n1. The van der Waals surface area contributed by atoms with E-state index < -0.39 is 0 Å². The Balaban J connectivity index is 1.76. The monoisotopic (exact) mass is 236 g/mol. The first-order chi connectivity index (χ1) is 8.26. The molecule has 3 rings (SSSR count). The standard InChI is InChI=1S/C12H17FN4/c1-14-12-15-6-9(13)11(17-12)16-10-5-7-2-3-8(10)4-7/h6-8,10H,2-5H2,1H3,(H2,14,15,16,17). The minimum atomic E-state index is -0.369. The maximum atomic E-state index is 13.6. The average Bonchev–Trinajstić information content (AvgIpc) is 2.94. The van der Waals surface area contributed by atoms with E-state index in [2.05, 4.69) is 20.6 Å². The largest absolute Gasteiger partial charge is 0.364 e. The molecule has 3 unspecified atom stereocenters. The van der Waals surface area contributed by atoms with Crippen molar-refractivity contribution in [1.29, 1.82) is 0 Å². The number of anilines is 2. The molecule has 2 aliphatic rings. The molecular weight excluding hydrogens is 219 g/mol. The van der Waals surface area contributed by atoms with Crippen molar-refractivity contribution in [3.63, 3.8) is 0 Å². The molecule has 0 aliphatic heterocycles. The molecule has 2 aliphatic carbocycles. The Morgan fingerprint density at radius 1 is 1.35 bits per heavy atom. The third-order valence-corrected chi connectivity index (χ3v) is 4.03. The first kappa shape index (κ1) is 10.7. The highest BCUT2D eigenvalue weighted by Gasteiger charge is 2.39. The van der Waals surface area contributed by atoms with E-state index in [-0.39, 0.29) is 5.82 Å². The molecule has 2 saturated carbocycles. The Kier molecular flexibility index (Phi) is 2.61. The van der Waals surface area contributed by atoms with Crippen LogP contribution in [-0.4, -0.2) is 23.1 Å². The van der Waals surface area contributed by atoms with E-state index in [4.69, 9.17) is 0 Å². The Morgan fingerprint density at radius 2 is 2.24 bits per heavy atom. The van der Waals surface area contributed by atoms with Gasteiger partial charge in [-0.25, -0.2) is 9.37 Å². The normalized spacial score (nSPS) is 30.6. The maximum Gasteiger partial charge on any atom is 0.224 e. The van der Waals surface area contributed by atoms with Gasteiger partial charge in [-0.1, -0.05) is 6.42 Å². The number of rotatable bonds is 3. The summed E-state index contributed by atoms with van der Waals surface area (Å²) < 4.78 is 13.6. The number of hydrogen-bond donors (Lipinski definition) is 2. The molecule has 2 fully saturated rings. The van der Waals surface area contributed by atoms with Gasteiger partial charge in [-0.3, -0.25) is 0 Å². The number of nitrogens with zero attached hydrogens (tertiary/aromatic N) is 2. The molecule has 2 N–H and O–H groups in total. The molecule has 0 radical (unpaired) electrons. The highest BCUT2D eigenvalue weighted by molar-refractivity contribution is 5.42. The van der Waals surface area contributed by atoms with Crippen molar-refractivity contribution >= 4 is 11.8 Å². The summed E-state index contributed by atoms with van der Waals surface area (Å²) in [5.74, 6) is 1.96. The van der Waals surface area contributed by atoms with Gasteiger partial charge >= 0.3 is 0 Å². The van der Waals surface area contributed by atoms with Crippen LogP contribution in [0.3, 0.4) is 0 Å². The maximum absolute atomic E-state index is 13.6. The van der Waals surface area contributed by atoms with Crippen molar-refractivity contribution in [2.24, 2.45) is 11.8 Å². The zero-order valence-electron chi connectivity index (χ0n) is 9.91. The molecule has 0 saturated heterocycles. The lowest BCUT2D eigenvalue weighted by Crippen LogP contribution is -2.27. The molecule has 17 heavy (non-hydrogen) atoms. The second-order valence-electron chi connectivity index (χ2n) is 5.07. The average molecular weight is 236 g/mol. The van der Waals surface area contributed by atoms with Gasteiger partial charge in [-0.15, -0.1) is 0 Å². The fourth-order valence-electron chi connectivity index (χ4n) is 3.19. The Hall–Kier alpha value is -1.39. The van der Waals surface area contributed by atoms with Crippen molar-refractivity contribution in [1.82, 2.24) is 9.97 Å². The predicted octanol–water partition coefficient (Wildman–Crippen LogP) is 2.26. The van der Waals surface area contributed by atoms with Crippen molar-refractivity contribution in [2.75, 3.05) is 17.7 Å². The summed E-state index contributed by atoms with van der Waals surface area (Å²) in [7, 11) is 1.73. The minimum absolute atomic E-state index is 0.335. The quantitative estimate of drug-likeness (QED) is 0.845. The van der Waals surface area contributed by atoms with Crippen LogP contribution in [0.2, 0.25) is 0 Å². The van der Waals surface area contributed by atoms with Crippen molar-refractivity contribution < 1.29 is 4.39 Å². The summed E-state index contributed by atoms with van der Waals surface area (Å²) >= 11 is 0. The smallest absolute Gasteiger partial charge is 0.224 e. The number of fused-ring (bicyclic) bond motifs is 2. The minimum Gasteiger partial charge on any atom is -0.364 e. The first-order valence-electron chi connectivity index (χ1n) is 6.23. The van der Waals surface area contributed by atoms with E-state index in [0.29, 0.717) is 23.7 Å². The van der Waals surface area contributed by atoms with Gasteiger partial charge in [0.2, 0.25) is 5.95 Å². The lowest BCUT2D eigenvalue weighted by Gasteiger charge is -2.23. The molecule has 92 valence electrons. The van der Waals surface area contributed by atoms with E-state index in [0.717, 1.165) is 12.3 Å². The number of nitrogens with one attached hydrogen (secondary N) is 2. The van der Waals surface area contributed by atoms with Crippen molar-refractivity contribution in [2.45, 2.75) is 31.7 Å². The molecule has 4 nitrogen and oxygen atoms in total. The Labute approximate surface area is 100 Å². The lowest BCUT2D eigenvalue weighted by molar-refractivity contribution is 0.436. The summed E-state index contributed by atoms with van der Waals surface area (Å²) in [4.78, 5) is 7.97. The number of halogens is 1. The third-order valence-electron chi connectivity index (χ3n) is 4.03. The Morgan fingerprint density at radius 3 is 2.88 bits per heavy atom. The van der Waals surface area contributed by atoms with E-state index >= 15 is 0 Å². The molecule has 1 aromatic heterocycles. The van der Waals surface area contributed by atoms with Gasteiger partial charge in [-0.05, 0) is 31.1 Å². The predicted molar refractivity (Wildman–Crippen MR) is 64.4 cm³/mol. The second kappa shape index (κ2) is 4.13. The van der Waals surface area contributed by atoms with Gasteiger partial charge < -0.3 is 10.6 Å². The molecule has 5 heteroatoms. The molecule has 0 amide bonds. The number of aromatic nitrogens is 2. The van der Waals surface area contributed by atoms with Gasteiger partial charge in [0.15, 0.2) is 11.6 Å². The molecule has 0 aromatic carbocycles. The van der Waals surface area contributed by atoms with E-state index in [1.807, 2.05) is 0 Å². The van der Waals surface area contributed by atoms with Crippen LogP contribution in [0.25, 0.3) is 0 Å². The topological polar surface area (TPSA) is 49.8 Å². The molecule has 3 atom stereocenters. The summed E-state index contributed by atoms with van der Waals surface area (Å²) in [6.07, 6.45) is 6.28. The third kappa shape index (κ3) is 1.94. The van der Waals surface area contributed by atoms with Crippen LogP contribution in [0.5, 0.6) is 0 Å². The van der Waals surface area contributed by atoms with E-state index in [9.17, 15) is 4.39 Å². The van der Waals surface area contributed by atoms with Gasteiger partial charge in [0.05, 0.1) is 6.20 Å². The molecule has 0 spiro atoms. The van der Waals surface area contributed by atoms with Crippen LogP contribution in [0.4, 0.5) is 16.2 Å². The fraction of sp³-hybridized carbons (Fsp3) is 0.667. The zero-order chi connectivity index (χ0) is 11.8. The zero-order valence-corrected chi connectivity index (χ0v) is 9.91. The first-order valence-corrected chi connectivity index (χ1v) is 6.23. The lowest BCUT2D eigenvalue weighted by atomic mass is 9.95. The van der Waals surface area contributed by atoms with Gasteiger partial charge in [0, 0.05) is 13.1 Å². The summed E-state index contributed by atoms with van der Waals surface area (Å²) in [6.45, 7) is 0. The van der Waals surface area contributed by atoms with Crippen LogP contribution in [0.15, 0.2) is 6.20 Å². The van der Waals surface area contributed by atoms with E-state index in [1.54, 1.807) is 7.05 Å². The molecular formula is C12H17FN4. The molecule has 2 bridgehead atoms. The van der Waals surface area contributed by atoms with Crippen LogP contribution < -0.4 is 10.6 Å². The van der Waals surface area contributed by atoms with Gasteiger partial charge in [-0.2, -0.15) is 4.98 Å². The van der Waals surface area contributed by atoms with Crippen LogP contribution in [-0.2, 0) is 0 Å². The summed E-state index contributed by atoms with van der Waals surface area (Å²) in [5.41, 5.74) is 0. The van der Waals surface area contributed by atoms with Gasteiger partial charge in [0.1, 0.15) is 0 Å². The van der Waals surface area contributed by atoms with Gasteiger partial charge in [0.25, 0.3) is 0 Å².